The number of hydrogen-bond donors (Lipinski definition) is 0. The molecule has 0 bridgehead atoms. The molecule has 0 saturated carbocycles. The lowest BCUT2D eigenvalue weighted by Gasteiger charge is -2.21. The molecule has 2 saturated heterocycles. The van der Waals surface area contributed by atoms with Crippen LogP contribution in [-0.4, -0.2) is 47.0 Å². The summed E-state index contributed by atoms with van der Waals surface area (Å²) in [4.78, 5) is 25.4. The van der Waals surface area contributed by atoms with Crippen LogP contribution in [0.5, 0.6) is 0 Å². The maximum atomic E-state index is 12.6. The van der Waals surface area contributed by atoms with E-state index in [9.17, 15) is 4.79 Å². The summed E-state index contributed by atoms with van der Waals surface area (Å²) in [6, 6.07) is 9.00. The fourth-order valence-electron chi connectivity index (χ4n) is 3.58. The number of halogens is 1. The van der Waals surface area contributed by atoms with Crippen molar-refractivity contribution >= 4 is 23.5 Å². The molecule has 6 heteroatoms. The van der Waals surface area contributed by atoms with Gasteiger partial charge in [-0.25, -0.2) is 9.97 Å². The molecular weight excluding hydrogens is 312 g/mol. The second kappa shape index (κ2) is 5.81. The van der Waals surface area contributed by atoms with Gasteiger partial charge in [-0.05, 0) is 24.3 Å². The average molecular weight is 329 g/mol. The number of aromatic nitrogens is 2. The maximum Gasteiger partial charge on any atom is 0.253 e. The summed E-state index contributed by atoms with van der Waals surface area (Å²) in [6.45, 7) is 3.40. The number of nitrogens with zero attached hydrogens (tertiary/aromatic N) is 4. The first-order valence-corrected chi connectivity index (χ1v) is 8.15. The highest BCUT2D eigenvalue weighted by Gasteiger charge is 2.42. The number of carbonyl (C=O) groups excluding carboxylic acids is 1. The Morgan fingerprint density at radius 3 is 2.39 bits per heavy atom. The van der Waals surface area contributed by atoms with Crippen LogP contribution in [0.3, 0.4) is 0 Å². The number of hydrogen-bond acceptors (Lipinski definition) is 4. The largest absolute Gasteiger partial charge is 0.340 e. The van der Waals surface area contributed by atoms with Gasteiger partial charge in [-0.3, -0.25) is 4.79 Å². The van der Waals surface area contributed by atoms with Gasteiger partial charge in [0.2, 0.25) is 5.95 Å². The Labute approximate surface area is 139 Å². The Hall–Kier alpha value is -2.14. The van der Waals surface area contributed by atoms with Crippen molar-refractivity contribution in [1.82, 2.24) is 14.9 Å². The number of fused-ring (bicyclic) bond motifs is 1. The SMILES string of the molecule is O=C(c1cccc(Cl)c1)N1C[C@@H]2CN(c3ncccn3)C[C@@H]2C1. The van der Waals surface area contributed by atoms with E-state index in [2.05, 4.69) is 14.9 Å². The molecule has 23 heavy (non-hydrogen) atoms. The predicted molar refractivity (Wildman–Crippen MR) is 88.6 cm³/mol. The second-order valence-corrected chi connectivity index (χ2v) is 6.63. The van der Waals surface area contributed by atoms with Crippen molar-refractivity contribution in [2.24, 2.45) is 11.8 Å². The first-order valence-electron chi connectivity index (χ1n) is 7.77. The van der Waals surface area contributed by atoms with Gasteiger partial charge in [0.05, 0.1) is 0 Å². The molecule has 0 spiro atoms. The van der Waals surface area contributed by atoms with E-state index >= 15 is 0 Å². The van der Waals surface area contributed by atoms with Gasteiger partial charge < -0.3 is 9.80 Å². The summed E-state index contributed by atoms with van der Waals surface area (Å²) >= 11 is 5.99. The van der Waals surface area contributed by atoms with E-state index in [4.69, 9.17) is 11.6 Å². The molecule has 5 nitrogen and oxygen atoms in total. The molecule has 0 unspecified atom stereocenters. The van der Waals surface area contributed by atoms with E-state index in [0.29, 0.717) is 22.4 Å². The van der Waals surface area contributed by atoms with E-state index in [0.717, 1.165) is 32.1 Å². The molecule has 1 amide bonds. The fourth-order valence-corrected chi connectivity index (χ4v) is 3.77. The molecule has 0 N–H and O–H groups in total. The van der Waals surface area contributed by atoms with Crippen molar-refractivity contribution in [2.45, 2.75) is 0 Å². The third kappa shape index (κ3) is 2.77. The normalized spacial score (nSPS) is 23.2. The smallest absolute Gasteiger partial charge is 0.253 e. The molecule has 2 atom stereocenters. The van der Waals surface area contributed by atoms with E-state index in [1.807, 2.05) is 23.1 Å². The number of likely N-dealkylation sites (tertiary alicyclic amines) is 1. The highest BCUT2D eigenvalue weighted by atomic mass is 35.5. The Morgan fingerprint density at radius 2 is 1.74 bits per heavy atom. The standard InChI is InChI=1S/C17H17ClN4O/c18-15-4-1-3-12(7-15)16(23)21-8-13-10-22(11-14(13)9-21)17-19-5-2-6-20-17/h1-7,13-14H,8-11H2/t13-,14+. The summed E-state index contributed by atoms with van der Waals surface area (Å²) in [6.07, 6.45) is 3.54. The summed E-state index contributed by atoms with van der Waals surface area (Å²) < 4.78 is 0. The highest BCUT2D eigenvalue weighted by Crippen LogP contribution is 2.33. The van der Waals surface area contributed by atoms with Crippen molar-refractivity contribution in [3.05, 3.63) is 53.3 Å². The molecule has 2 aromatic rings. The van der Waals surface area contributed by atoms with Gasteiger partial charge in [-0.1, -0.05) is 17.7 Å². The highest BCUT2D eigenvalue weighted by molar-refractivity contribution is 6.30. The molecule has 2 fully saturated rings. The molecule has 0 aliphatic carbocycles. The maximum absolute atomic E-state index is 12.6. The van der Waals surface area contributed by atoms with Crippen molar-refractivity contribution in [3.63, 3.8) is 0 Å². The Morgan fingerprint density at radius 1 is 1.04 bits per heavy atom. The zero-order chi connectivity index (χ0) is 15.8. The summed E-state index contributed by atoms with van der Waals surface area (Å²) in [5.74, 6) is 1.84. The number of amides is 1. The number of benzene rings is 1. The molecule has 0 radical (unpaired) electrons. The van der Waals surface area contributed by atoms with Crippen LogP contribution in [0.25, 0.3) is 0 Å². The van der Waals surface area contributed by atoms with E-state index in [1.165, 1.54) is 0 Å². The van der Waals surface area contributed by atoms with Gasteiger partial charge >= 0.3 is 0 Å². The van der Waals surface area contributed by atoms with Crippen LogP contribution in [-0.2, 0) is 0 Å². The van der Waals surface area contributed by atoms with Crippen molar-refractivity contribution in [1.29, 1.82) is 0 Å². The Balaban J connectivity index is 1.43. The van der Waals surface area contributed by atoms with Crippen LogP contribution in [0.4, 0.5) is 5.95 Å². The minimum atomic E-state index is 0.0735. The van der Waals surface area contributed by atoms with Gasteiger partial charge in [0.15, 0.2) is 0 Å². The lowest BCUT2D eigenvalue weighted by atomic mass is 10.0. The first kappa shape index (κ1) is 14.5. The molecular formula is C17H17ClN4O. The Bertz CT molecular complexity index is 710. The zero-order valence-corrected chi connectivity index (χ0v) is 13.4. The third-order valence-electron chi connectivity index (χ3n) is 4.68. The molecule has 4 rings (SSSR count). The lowest BCUT2D eigenvalue weighted by molar-refractivity contribution is 0.0782. The van der Waals surface area contributed by atoms with Crippen LogP contribution >= 0.6 is 11.6 Å². The van der Waals surface area contributed by atoms with E-state index in [1.54, 1.807) is 24.5 Å². The van der Waals surface area contributed by atoms with Gasteiger partial charge in [0.1, 0.15) is 0 Å². The quantitative estimate of drug-likeness (QED) is 0.849. The number of rotatable bonds is 2. The topological polar surface area (TPSA) is 49.3 Å². The van der Waals surface area contributed by atoms with E-state index in [-0.39, 0.29) is 5.91 Å². The van der Waals surface area contributed by atoms with Gasteiger partial charge in [0.25, 0.3) is 5.91 Å². The van der Waals surface area contributed by atoms with Crippen molar-refractivity contribution in [3.8, 4) is 0 Å². The third-order valence-corrected chi connectivity index (χ3v) is 4.92. The van der Waals surface area contributed by atoms with Crippen molar-refractivity contribution < 1.29 is 4.79 Å². The average Bonchev–Trinajstić information content (AvgIpc) is 3.14. The lowest BCUT2D eigenvalue weighted by Crippen LogP contribution is -2.33. The summed E-state index contributed by atoms with van der Waals surface area (Å²) in [5.41, 5.74) is 0.667. The molecule has 2 aliphatic rings. The van der Waals surface area contributed by atoms with Crippen LogP contribution in [0.1, 0.15) is 10.4 Å². The minimum Gasteiger partial charge on any atom is -0.340 e. The molecule has 2 aliphatic heterocycles. The molecule has 3 heterocycles. The monoisotopic (exact) mass is 328 g/mol. The van der Waals surface area contributed by atoms with Crippen LogP contribution in [0.15, 0.2) is 42.7 Å². The molecule has 1 aromatic carbocycles. The summed E-state index contributed by atoms with van der Waals surface area (Å²) in [5, 5.41) is 0.600. The van der Waals surface area contributed by atoms with Crippen LogP contribution in [0, 0.1) is 11.8 Å². The number of carbonyl (C=O) groups is 1. The first-order chi connectivity index (χ1) is 11.2. The van der Waals surface area contributed by atoms with Gasteiger partial charge in [-0.2, -0.15) is 0 Å². The number of anilines is 1. The van der Waals surface area contributed by atoms with E-state index < -0.39 is 0 Å². The molecule has 118 valence electrons. The minimum absolute atomic E-state index is 0.0735. The van der Waals surface area contributed by atoms with Crippen LogP contribution < -0.4 is 4.90 Å². The van der Waals surface area contributed by atoms with Gasteiger partial charge in [0, 0.05) is 61.0 Å². The molecule has 1 aromatic heterocycles. The van der Waals surface area contributed by atoms with Crippen LogP contribution in [0.2, 0.25) is 5.02 Å². The zero-order valence-electron chi connectivity index (χ0n) is 12.6. The Kier molecular flexibility index (Phi) is 3.65. The predicted octanol–water partition coefficient (Wildman–Crippen LogP) is 2.34. The fraction of sp³-hybridized carbons (Fsp3) is 0.353. The van der Waals surface area contributed by atoms with Gasteiger partial charge in [-0.15, -0.1) is 0 Å². The summed E-state index contributed by atoms with van der Waals surface area (Å²) in [7, 11) is 0. The van der Waals surface area contributed by atoms with Crippen molar-refractivity contribution in [2.75, 3.05) is 31.1 Å². The second-order valence-electron chi connectivity index (χ2n) is 6.19.